The molecule has 2 amide bonds. The van der Waals surface area contributed by atoms with Crippen molar-refractivity contribution < 1.29 is 23.2 Å². The molecule has 4 atom stereocenters. The van der Waals surface area contributed by atoms with E-state index < -0.39 is 11.5 Å². The Labute approximate surface area is 184 Å². The van der Waals surface area contributed by atoms with Crippen LogP contribution < -0.4 is 0 Å². The van der Waals surface area contributed by atoms with Crippen LogP contribution in [0.25, 0.3) is 11.5 Å². The first-order valence-corrected chi connectivity index (χ1v) is 10.7. The zero-order valence-corrected chi connectivity index (χ0v) is 17.6. The van der Waals surface area contributed by atoms with Crippen molar-refractivity contribution in [1.82, 2.24) is 15.0 Å². The Morgan fingerprint density at radius 1 is 1.16 bits per heavy atom. The van der Waals surface area contributed by atoms with Gasteiger partial charge >= 0.3 is 0 Å². The lowest BCUT2D eigenvalue weighted by molar-refractivity contribution is -0.140. The number of benzene rings is 1. The maximum absolute atomic E-state index is 14.5. The molecular formula is C22H23ClFN3O4. The molecule has 4 rings (SSSR count). The summed E-state index contributed by atoms with van der Waals surface area (Å²) in [5.41, 5.74) is 0.804. The second-order valence-corrected chi connectivity index (χ2v) is 8.39. The van der Waals surface area contributed by atoms with E-state index in [1.54, 1.807) is 0 Å². The van der Waals surface area contributed by atoms with Crippen molar-refractivity contribution in [3.8, 4) is 11.5 Å². The molecule has 7 nitrogen and oxygen atoms in total. The SMILES string of the molecule is O=C1C2CC=CCC2C(=O)N1CC(F)CC(Cl)COCc1noc(-c2ccccc2)n1. The molecule has 1 fully saturated rings. The van der Waals surface area contributed by atoms with Crippen LogP contribution in [-0.4, -0.2) is 51.6 Å². The summed E-state index contributed by atoms with van der Waals surface area (Å²) in [7, 11) is 0. The molecule has 0 spiro atoms. The van der Waals surface area contributed by atoms with Crippen molar-refractivity contribution in [2.24, 2.45) is 11.8 Å². The number of carbonyl (C=O) groups excluding carboxylic acids is 2. The predicted molar refractivity (Wildman–Crippen MR) is 111 cm³/mol. The van der Waals surface area contributed by atoms with E-state index in [0.717, 1.165) is 10.5 Å². The highest BCUT2D eigenvalue weighted by atomic mass is 35.5. The Balaban J connectivity index is 1.20. The number of hydrogen-bond acceptors (Lipinski definition) is 6. The number of nitrogens with zero attached hydrogens (tertiary/aromatic N) is 3. The van der Waals surface area contributed by atoms with Crippen molar-refractivity contribution in [2.75, 3.05) is 13.2 Å². The zero-order valence-electron chi connectivity index (χ0n) is 16.8. The molecule has 1 aliphatic carbocycles. The summed E-state index contributed by atoms with van der Waals surface area (Å²) in [5, 5.41) is 3.24. The van der Waals surface area contributed by atoms with Crippen LogP contribution in [0, 0.1) is 11.8 Å². The van der Waals surface area contributed by atoms with Crippen LogP contribution in [0.1, 0.15) is 25.1 Å². The number of ether oxygens (including phenoxy) is 1. The maximum Gasteiger partial charge on any atom is 0.258 e. The van der Waals surface area contributed by atoms with E-state index in [9.17, 15) is 14.0 Å². The van der Waals surface area contributed by atoms with Crippen molar-refractivity contribution in [1.29, 1.82) is 0 Å². The number of halogens is 2. The molecule has 1 aromatic heterocycles. The van der Waals surface area contributed by atoms with Crippen molar-refractivity contribution in [3.05, 3.63) is 48.3 Å². The van der Waals surface area contributed by atoms with Gasteiger partial charge in [0.25, 0.3) is 5.89 Å². The van der Waals surface area contributed by atoms with E-state index in [-0.39, 0.29) is 49.8 Å². The first-order valence-electron chi connectivity index (χ1n) is 10.3. The van der Waals surface area contributed by atoms with Gasteiger partial charge in [0.05, 0.1) is 30.4 Å². The number of rotatable bonds is 9. The number of alkyl halides is 2. The standard InChI is InChI=1S/C22H23ClFN3O4/c23-15(12-30-13-19-25-20(31-26-19)14-6-2-1-3-7-14)10-16(24)11-27-21(28)17-8-4-5-9-18(17)22(27)29/h1-7,15-18H,8-13H2. The summed E-state index contributed by atoms with van der Waals surface area (Å²) in [6, 6.07) is 9.35. The van der Waals surface area contributed by atoms with E-state index in [1.807, 2.05) is 42.5 Å². The quantitative estimate of drug-likeness (QED) is 0.332. The van der Waals surface area contributed by atoms with Crippen molar-refractivity contribution >= 4 is 23.4 Å². The number of hydrogen-bond donors (Lipinski definition) is 0. The molecule has 9 heteroatoms. The Morgan fingerprint density at radius 2 is 1.84 bits per heavy atom. The van der Waals surface area contributed by atoms with Gasteiger partial charge in [0, 0.05) is 5.56 Å². The summed E-state index contributed by atoms with van der Waals surface area (Å²) in [6.45, 7) is -0.108. The van der Waals surface area contributed by atoms with Crippen LogP contribution in [0.2, 0.25) is 0 Å². The first-order chi connectivity index (χ1) is 15.0. The van der Waals surface area contributed by atoms with Crippen molar-refractivity contribution in [2.45, 2.75) is 37.4 Å². The highest BCUT2D eigenvalue weighted by Crippen LogP contribution is 2.35. The molecular weight excluding hydrogens is 425 g/mol. The summed E-state index contributed by atoms with van der Waals surface area (Å²) >= 11 is 6.20. The van der Waals surface area contributed by atoms with Gasteiger partial charge in [0.1, 0.15) is 12.8 Å². The fourth-order valence-electron chi connectivity index (χ4n) is 3.96. The minimum absolute atomic E-state index is 0.0340. The lowest BCUT2D eigenvalue weighted by Crippen LogP contribution is -2.37. The average Bonchev–Trinajstić information content (AvgIpc) is 3.34. The number of carbonyl (C=O) groups is 2. The summed E-state index contributed by atoms with van der Waals surface area (Å²) in [5.74, 6) is -0.511. The number of fused-ring (bicyclic) bond motifs is 1. The van der Waals surface area contributed by atoms with E-state index in [2.05, 4.69) is 10.1 Å². The van der Waals surface area contributed by atoms with Gasteiger partial charge in [-0.05, 0) is 31.4 Å². The van der Waals surface area contributed by atoms with E-state index >= 15 is 0 Å². The molecule has 4 unspecified atom stereocenters. The van der Waals surface area contributed by atoms with Crippen LogP contribution in [0.15, 0.2) is 47.0 Å². The van der Waals surface area contributed by atoms with Gasteiger partial charge in [-0.25, -0.2) is 4.39 Å². The summed E-state index contributed by atoms with van der Waals surface area (Å²) < 4.78 is 25.2. The molecule has 2 aromatic rings. The van der Waals surface area contributed by atoms with Gasteiger partial charge in [-0.15, -0.1) is 11.6 Å². The third-order valence-electron chi connectivity index (χ3n) is 5.51. The topological polar surface area (TPSA) is 85.5 Å². The van der Waals surface area contributed by atoms with E-state index in [0.29, 0.717) is 24.6 Å². The molecule has 2 aliphatic rings. The van der Waals surface area contributed by atoms with Gasteiger partial charge < -0.3 is 9.26 Å². The monoisotopic (exact) mass is 447 g/mol. The Kier molecular flexibility index (Phi) is 6.77. The third kappa shape index (κ3) is 5.02. The molecule has 31 heavy (non-hydrogen) atoms. The molecule has 1 aliphatic heterocycles. The fourth-order valence-corrected chi connectivity index (χ4v) is 4.24. The largest absolute Gasteiger partial charge is 0.372 e. The predicted octanol–water partition coefficient (Wildman–Crippen LogP) is 3.54. The Bertz CT molecular complexity index is 925. The van der Waals surface area contributed by atoms with Gasteiger partial charge in [0.15, 0.2) is 5.82 Å². The summed E-state index contributed by atoms with van der Waals surface area (Å²) in [4.78, 5) is 30.2. The van der Waals surface area contributed by atoms with Gasteiger partial charge in [0.2, 0.25) is 11.8 Å². The Morgan fingerprint density at radius 3 is 2.52 bits per heavy atom. The van der Waals surface area contributed by atoms with Crippen LogP contribution in [0.3, 0.4) is 0 Å². The number of aromatic nitrogens is 2. The lowest BCUT2D eigenvalue weighted by Gasteiger charge is -2.19. The van der Waals surface area contributed by atoms with Gasteiger partial charge in [-0.3, -0.25) is 14.5 Å². The van der Waals surface area contributed by atoms with Crippen LogP contribution in [0.4, 0.5) is 4.39 Å². The van der Waals surface area contributed by atoms with Crippen LogP contribution in [0.5, 0.6) is 0 Å². The molecule has 1 saturated heterocycles. The van der Waals surface area contributed by atoms with Gasteiger partial charge in [-0.1, -0.05) is 35.5 Å². The average molecular weight is 448 g/mol. The van der Waals surface area contributed by atoms with Crippen molar-refractivity contribution in [3.63, 3.8) is 0 Å². The Hall–Kier alpha value is -2.58. The number of imide groups is 1. The smallest absolute Gasteiger partial charge is 0.258 e. The molecule has 0 radical (unpaired) electrons. The maximum atomic E-state index is 14.5. The minimum Gasteiger partial charge on any atom is -0.372 e. The number of amides is 2. The minimum atomic E-state index is -1.41. The highest BCUT2D eigenvalue weighted by molar-refractivity contribution is 6.20. The van der Waals surface area contributed by atoms with E-state index in [4.69, 9.17) is 20.9 Å². The van der Waals surface area contributed by atoms with Crippen LogP contribution in [-0.2, 0) is 20.9 Å². The molecule has 2 heterocycles. The molecule has 1 aromatic carbocycles. The third-order valence-corrected chi connectivity index (χ3v) is 5.81. The zero-order chi connectivity index (χ0) is 21.8. The lowest BCUT2D eigenvalue weighted by atomic mass is 9.85. The molecule has 164 valence electrons. The second kappa shape index (κ2) is 9.70. The first kappa shape index (κ1) is 21.6. The highest BCUT2D eigenvalue weighted by Gasteiger charge is 2.47. The van der Waals surface area contributed by atoms with Crippen LogP contribution >= 0.6 is 11.6 Å². The normalized spacial score (nSPS) is 22.6. The molecule has 0 bridgehead atoms. The van der Waals surface area contributed by atoms with Gasteiger partial charge in [-0.2, -0.15) is 4.98 Å². The molecule has 0 N–H and O–H groups in total. The molecule has 0 saturated carbocycles. The second-order valence-electron chi connectivity index (χ2n) is 7.77. The summed E-state index contributed by atoms with van der Waals surface area (Å²) in [6.07, 6.45) is 3.44. The fraction of sp³-hybridized carbons (Fsp3) is 0.455. The number of likely N-dealkylation sites (tertiary alicyclic amines) is 1. The number of allylic oxidation sites excluding steroid dienone is 2. The van der Waals surface area contributed by atoms with E-state index in [1.165, 1.54) is 0 Å².